The molecule has 0 spiro atoms. The van der Waals surface area contributed by atoms with Gasteiger partial charge in [-0.3, -0.25) is 0 Å². The zero-order valence-corrected chi connectivity index (χ0v) is 44.6. The Morgan fingerprint density at radius 3 is 1.09 bits per heavy atom. The van der Waals surface area contributed by atoms with Crippen molar-refractivity contribution in [2.45, 2.75) is 120 Å². The lowest BCUT2D eigenvalue weighted by atomic mass is 9.92. The van der Waals surface area contributed by atoms with Crippen LogP contribution in [0.1, 0.15) is 134 Å². The van der Waals surface area contributed by atoms with E-state index in [0.29, 0.717) is 26.1 Å². The Bertz CT molecular complexity index is 3220. The third kappa shape index (κ3) is 11.5. The summed E-state index contributed by atoms with van der Waals surface area (Å²) in [6.45, 7) is 17.5. The number of hydrogen-bond acceptors (Lipinski definition) is 6. The minimum absolute atomic E-state index is 0.242. The number of aryl methyl sites for hydroxylation is 6. The number of benzene rings is 4. The molecule has 7 aromatic rings. The number of ketones is 2. The predicted octanol–water partition coefficient (Wildman–Crippen LogP) is 17.0. The van der Waals surface area contributed by atoms with Gasteiger partial charge in [0.1, 0.15) is 23.1 Å². The van der Waals surface area contributed by atoms with E-state index in [4.69, 9.17) is 19.4 Å². The molecule has 2 N–H and O–H groups in total. The van der Waals surface area contributed by atoms with E-state index in [1.807, 2.05) is 12.1 Å². The number of nitrogens with zero attached hydrogens (tertiary/aromatic N) is 2. The quantitative estimate of drug-likeness (QED) is 0.0736. The number of rotatable bonds is 20. The minimum Gasteiger partial charge on any atom is -0.493 e. The van der Waals surface area contributed by atoms with Gasteiger partial charge in [-0.15, -0.1) is 0 Å². The van der Waals surface area contributed by atoms with Gasteiger partial charge in [-0.1, -0.05) is 97.5 Å². The zero-order chi connectivity index (χ0) is 51.9. The molecule has 0 saturated heterocycles. The van der Waals surface area contributed by atoms with Crippen LogP contribution in [0.15, 0.2) is 97.1 Å². The first-order valence-corrected chi connectivity index (χ1v) is 26.6. The van der Waals surface area contributed by atoms with Crippen molar-refractivity contribution in [2.75, 3.05) is 13.2 Å². The molecule has 0 atom stereocenters. The van der Waals surface area contributed by atoms with Crippen LogP contribution < -0.4 is 9.47 Å². The van der Waals surface area contributed by atoms with Crippen LogP contribution in [0.3, 0.4) is 0 Å². The highest BCUT2D eigenvalue weighted by Crippen LogP contribution is 2.43. The Morgan fingerprint density at radius 1 is 0.405 bits per heavy atom. The van der Waals surface area contributed by atoms with Gasteiger partial charge < -0.3 is 29.0 Å². The number of fused-ring (bicyclic) bond motifs is 8. The molecule has 8 bridgehead atoms. The van der Waals surface area contributed by atoms with Crippen molar-refractivity contribution in [2.24, 2.45) is 0 Å². The van der Waals surface area contributed by atoms with E-state index in [1.54, 1.807) is 13.8 Å². The Balaban J connectivity index is 1.32. The van der Waals surface area contributed by atoms with E-state index in [-0.39, 0.29) is 11.6 Å². The number of unbranched alkanes of at least 4 members (excludes halogenated alkanes) is 6. The molecule has 0 amide bonds. The van der Waals surface area contributed by atoms with Crippen LogP contribution in [0.2, 0.25) is 0 Å². The number of carbonyl (C=O) groups is 2. The SMILES string of the molecule is CC(=O)CCCCCCOc1ccccc1-c1c2nc(c(-c3c(C)cc(C)cc3C)c3ccc([nH]3)c(-c3ccccc3OCCCCCCC(C)=O)c3nc(c(-c4c(C)cc(C)cc4C)c4ccc1[nH]4)C=C3)C=C2. The lowest BCUT2D eigenvalue weighted by Crippen LogP contribution is -2.00. The molecule has 9 rings (SSSR count). The number of carbonyl (C=O) groups excluding carboxylic acids is 2. The number of Topliss-reactive ketones (excluding diaryl/α,β-unsaturated/α-hetero) is 2. The van der Waals surface area contributed by atoms with Crippen LogP contribution >= 0.6 is 0 Å². The number of ether oxygens (including phenoxy) is 2. The van der Waals surface area contributed by atoms with Crippen molar-refractivity contribution < 1.29 is 19.1 Å². The minimum atomic E-state index is 0.242. The number of aromatic nitrogens is 4. The summed E-state index contributed by atoms with van der Waals surface area (Å²) in [5.41, 5.74) is 22.2. The zero-order valence-electron chi connectivity index (χ0n) is 44.6. The van der Waals surface area contributed by atoms with Gasteiger partial charge in [0.2, 0.25) is 0 Å². The molecular weight excluding hydrogens is 913 g/mol. The number of hydrogen-bond donors (Lipinski definition) is 2. The third-order valence-corrected chi connectivity index (χ3v) is 14.3. The number of para-hydroxylation sites is 2. The van der Waals surface area contributed by atoms with Crippen molar-refractivity contribution in [3.63, 3.8) is 0 Å². The summed E-state index contributed by atoms with van der Waals surface area (Å²) in [7, 11) is 0. The van der Waals surface area contributed by atoms with E-state index in [0.717, 1.165) is 152 Å². The molecule has 0 saturated carbocycles. The normalized spacial score (nSPS) is 11.9. The van der Waals surface area contributed by atoms with Crippen LogP contribution in [-0.4, -0.2) is 44.7 Å². The molecule has 0 radical (unpaired) electrons. The number of H-pyrrole nitrogens is 2. The van der Waals surface area contributed by atoms with Crippen molar-refractivity contribution in [3.05, 3.63) is 153 Å². The maximum absolute atomic E-state index is 11.6. The van der Waals surface area contributed by atoms with Gasteiger partial charge in [0.15, 0.2) is 0 Å². The standard InChI is InChI=1S/C66H70N4O4/c1-41-37-43(3)61(44(4)38-41)65-55-31-27-51(67-55)63(49-23-15-17-25-59(49)73-35-19-11-9-13-21-47(7)71)53-29-33-57(69-53)66(62-45(5)39-42(2)40-46(62)6)58-34-30-54(70-58)64(52-28-32-56(65)68-52)50-24-16-18-26-60(50)74-36-20-12-10-14-22-48(8)72/h15-18,23-34,37-40,67,70H,9-14,19-22,35-36H2,1-8H3. The topological polar surface area (TPSA) is 110 Å². The van der Waals surface area contributed by atoms with Crippen LogP contribution in [0.4, 0.5) is 0 Å². The number of aromatic amines is 2. The molecule has 4 aromatic carbocycles. The summed E-state index contributed by atoms with van der Waals surface area (Å²) in [5, 5.41) is 0. The average Bonchev–Trinajstić information content (AvgIpc) is 4.22. The lowest BCUT2D eigenvalue weighted by molar-refractivity contribution is -0.117. The summed E-state index contributed by atoms with van der Waals surface area (Å²) in [4.78, 5) is 42.4. The third-order valence-electron chi connectivity index (χ3n) is 14.3. The van der Waals surface area contributed by atoms with Crippen LogP contribution in [0.25, 0.3) is 90.9 Å². The Hall–Kier alpha value is -7.58. The first-order valence-electron chi connectivity index (χ1n) is 26.6. The molecule has 74 heavy (non-hydrogen) atoms. The van der Waals surface area contributed by atoms with Crippen molar-refractivity contribution in [1.29, 1.82) is 0 Å². The van der Waals surface area contributed by atoms with Gasteiger partial charge in [0, 0.05) is 68.3 Å². The predicted molar refractivity (Wildman–Crippen MR) is 308 cm³/mol. The Labute approximate surface area is 437 Å². The van der Waals surface area contributed by atoms with Crippen LogP contribution in [-0.2, 0) is 9.59 Å². The van der Waals surface area contributed by atoms with E-state index in [2.05, 4.69) is 161 Å². The molecular formula is C66H70N4O4. The summed E-state index contributed by atoms with van der Waals surface area (Å²) >= 11 is 0. The molecule has 2 aliphatic heterocycles. The molecule has 5 heterocycles. The summed E-state index contributed by atoms with van der Waals surface area (Å²) in [6, 6.07) is 34.4. The van der Waals surface area contributed by atoms with Gasteiger partial charge in [0.25, 0.3) is 0 Å². The fourth-order valence-electron chi connectivity index (χ4n) is 11.1. The molecule has 0 unspecified atom stereocenters. The fraction of sp³-hybridized carbons (Fsp3) is 0.303. The average molecular weight is 983 g/mol. The van der Waals surface area contributed by atoms with E-state index in [1.165, 1.54) is 33.4 Å². The van der Waals surface area contributed by atoms with E-state index in [9.17, 15) is 9.59 Å². The maximum Gasteiger partial charge on any atom is 0.129 e. The molecule has 378 valence electrons. The summed E-state index contributed by atoms with van der Waals surface area (Å²) in [5.74, 6) is 2.07. The largest absolute Gasteiger partial charge is 0.493 e. The van der Waals surface area contributed by atoms with Gasteiger partial charge in [-0.25, -0.2) is 9.97 Å². The van der Waals surface area contributed by atoms with Crippen LogP contribution in [0, 0.1) is 41.5 Å². The highest BCUT2D eigenvalue weighted by Gasteiger charge is 2.23. The van der Waals surface area contributed by atoms with Gasteiger partial charge in [-0.05, 0) is 175 Å². The van der Waals surface area contributed by atoms with E-state index >= 15 is 0 Å². The Kier molecular flexibility index (Phi) is 16.0. The summed E-state index contributed by atoms with van der Waals surface area (Å²) < 4.78 is 13.4. The number of nitrogens with one attached hydrogen (secondary N) is 2. The van der Waals surface area contributed by atoms with Crippen molar-refractivity contribution in [3.8, 4) is 56.0 Å². The van der Waals surface area contributed by atoms with Crippen molar-refractivity contribution in [1.82, 2.24) is 19.9 Å². The van der Waals surface area contributed by atoms with Gasteiger partial charge in [-0.2, -0.15) is 0 Å². The van der Waals surface area contributed by atoms with Crippen LogP contribution in [0.5, 0.6) is 11.5 Å². The molecule has 2 aliphatic rings. The fourth-order valence-corrected chi connectivity index (χ4v) is 11.1. The second-order valence-corrected chi connectivity index (χ2v) is 20.5. The first kappa shape index (κ1) is 51.3. The molecule has 8 nitrogen and oxygen atoms in total. The highest BCUT2D eigenvalue weighted by atomic mass is 16.5. The first-order chi connectivity index (χ1) is 35.8. The van der Waals surface area contributed by atoms with Gasteiger partial charge in [0.05, 0.1) is 36.0 Å². The smallest absolute Gasteiger partial charge is 0.129 e. The monoisotopic (exact) mass is 983 g/mol. The highest BCUT2D eigenvalue weighted by molar-refractivity contribution is 6.01. The molecule has 0 fully saturated rings. The molecule has 0 aliphatic carbocycles. The van der Waals surface area contributed by atoms with E-state index < -0.39 is 0 Å². The van der Waals surface area contributed by atoms with Gasteiger partial charge >= 0.3 is 0 Å². The molecule has 3 aromatic heterocycles. The lowest BCUT2D eigenvalue weighted by Gasteiger charge is -2.14. The summed E-state index contributed by atoms with van der Waals surface area (Å²) in [6.07, 6.45) is 17.5. The van der Waals surface area contributed by atoms with Crippen molar-refractivity contribution >= 4 is 57.9 Å². The second-order valence-electron chi connectivity index (χ2n) is 20.5. The Morgan fingerprint density at radius 2 is 0.730 bits per heavy atom. The molecule has 8 heteroatoms. The second kappa shape index (κ2) is 23.1. The maximum atomic E-state index is 11.6.